The Bertz CT molecular complexity index is 547. The first-order chi connectivity index (χ1) is 12.0. The maximum Gasteiger partial charge on any atom is 0.407 e. The van der Waals surface area contributed by atoms with Gasteiger partial charge >= 0.3 is 6.09 Å². The predicted molar refractivity (Wildman–Crippen MR) is 115 cm³/mol. The summed E-state index contributed by atoms with van der Waals surface area (Å²) in [5.74, 6) is 1.17. The first-order valence-electron chi connectivity index (χ1n) is 8.88. The van der Waals surface area contributed by atoms with Crippen LogP contribution in [-0.4, -0.2) is 47.6 Å². The summed E-state index contributed by atoms with van der Waals surface area (Å²) in [6.45, 7) is 10.3. The largest absolute Gasteiger partial charge is 0.450 e. The summed E-state index contributed by atoms with van der Waals surface area (Å²) in [6, 6.07) is 1.91. The molecular weight excluding hydrogens is 447 g/mol. The van der Waals surface area contributed by atoms with Gasteiger partial charge in [0.25, 0.3) is 0 Å². The van der Waals surface area contributed by atoms with Crippen molar-refractivity contribution >= 4 is 36.0 Å². The summed E-state index contributed by atoms with van der Waals surface area (Å²) in [6.07, 6.45) is 2.23. The number of rotatable bonds is 9. The average molecular weight is 480 g/mol. The third-order valence-electron chi connectivity index (χ3n) is 3.54. The van der Waals surface area contributed by atoms with Gasteiger partial charge in [-0.05, 0) is 32.3 Å². The molecule has 0 fully saturated rings. The molecule has 1 rings (SSSR count). The lowest BCUT2D eigenvalue weighted by Gasteiger charge is -2.22. The van der Waals surface area contributed by atoms with Gasteiger partial charge in [-0.1, -0.05) is 13.8 Å². The normalized spacial score (nSPS) is 12.3. The monoisotopic (exact) mass is 480 g/mol. The van der Waals surface area contributed by atoms with Gasteiger partial charge < -0.3 is 20.7 Å². The van der Waals surface area contributed by atoms with E-state index in [1.165, 1.54) is 0 Å². The van der Waals surface area contributed by atoms with Crippen molar-refractivity contribution in [2.75, 3.05) is 19.7 Å². The standard InChI is InChI=1S/C17H32N6O2.HI/c1-6-18-16(20-12-15-8-9-21-23(15)5)19-11-14(10-13(3)4)22-17(24)25-7-2;/h8-9,13-14H,6-7,10-12H2,1-5H3,(H,22,24)(H2,18,19,20);1H. The number of nitrogens with zero attached hydrogens (tertiary/aromatic N) is 3. The van der Waals surface area contributed by atoms with E-state index < -0.39 is 0 Å². The van der Waals surface area contributed by atoms with Crippen LogP contribution in [0.5, 0.6) is 0 Å². The van der Waals surface area contributed by atoms with Crippen molar-refractivity contribution in [2.24, 2.45) is 18.0 Å². The van der Waals surface area contributed by atoms with E-state index >= 15 is 0 Å². The Hall–Kier alpha value is -1.52. The summed E-state index contributed by atoms with van der Waals surface area (Å²) in [4.78, 5) is 16.3. The number of hydrogen-bond acceptors (Lipinski definition) is 4. The molecule has 0 saturated carbocycles. The first kappa shape index (κ1) is 24.5. The van der Waals surface area contributed by atoms with Gasteiger partial charge in [-0.2, -0.15) is 5.10 Å². The molecule has 0 aliphatic rings. The molecule has 0 radical (unpaired) electrons. The van der Waals surface area contributed by atoms with E-state index in [1.54, 1.807) is 17.8 Å². The predicted octanol–water partition coefficient (Wildman–Crippen LogP) is 2.25. The van der Waals surface area contributed by atoms with Gasteiger partial charge in [0.1, 0.15) is 0 Å². The number of halogens is 1. The van der Waals surface area contributed by atoms with Crippen LogP contribution in [0.4, 0.5) is 4.79 Å². The Morgan fingerprint density at radius 3 is 2.62 bits per heavy atom. The fourth-order valence-corrected chi connectivity index (χ4v) is 2.38. The molecule has 1 aromatic rings. The highest BCUT2D eigenvalue weighted by Crippen LogP contribution is 2.04. The quantitative estimate of drug-likeness (QED) is 0.287. The highest BCUT2D eigenvalue weighted by molar-refractivity contribution is 14.0. The molecule has 3 N–H and O–H groups in total. The summed E-state index contributed by atoms with van der Waals surface area (Å²) < 4.78 is 6.79. The van der Waals surface area contributed by atoms with E-state index in [4.69, 9.17) is 4.74 Å². The number of amides is 1. The Balaban J connectivity index is 0.00000625. The Morgan fingerprint density at radius 2 is 2.08 bits per heavy atom. The lowest BCUT2D eigenvalue weighted by molar-refractivity contribution is 0.146. The number of aliphatic imine (C=N–C) groups is 1. The highest BCUT2D eigenvalue weighted by atomic mass is 127. The minimum Gasteiger partial charge on any atom is -0.450 e. The molecule has 8 nitrogen and oxygen atoms in total. The summed E-state index contributed by atoms with van der Waals surface area (Å²) in [5, 5.41) is 13.6. The SMILES string of the molecule is CCNC(=NCc1ccnn1C)NCC(CC(C)C)NC(=O)OCC.I. The zero-order valence-corrected chi connectivity index (χ0v) is 18.7. The zero-order valence-electron chi connectivity index (χ0n) is 16.4. The molecule has 26 heavy (non-hydrogen) atoms. The number of carbonyl (C=O) groups is 1. The maximum atomic E-state index is 11.7. The fourth-order valence-electron chi connectivity index (χ4n) is 2.38. The molecule has 1 atom stereocenters. The third-order valence-corrected chi connectivity index (χ3v) is 3.54. The van der Waals surface area contributed by atoms with Gasteiger partial charge in [0.2, 0.25) is 0 Å². The van der Waals surface area contributed by atoms with Gasteiger partial charge in [-0.15, -0.1) is 24.0 Å². The van der Waals surface area contributed by atoms with E-state index in [1.807, 2.05) is 20.0 Å². The smallest absolute Gasteiger partial charge is 0.407 e. The van der Waals surface area contributed by atoms with Crippen molar-refractivity contribution in [3.05, 3.63) is 18.0 Å². The maximum absolute atomic E-state index is 11.7. The van der Waals surface area contributed by atoms with Gasteiger partial charge in [0.15, 0.2) is 5.96 Å². The second kappa shape index (κ2) is 13.7. The molecule has 0 aliphatic heterocycles. The van der Waals surface area contributed by atoms with Crippen molar-refractivity contribution in [2.45, 2.75) is 46.7 Å². The fraction of sp³-hybridized carbons (Fsp3) is 0.706. The number of hydrogen-bond donors (Lipinski definition) is 3. The van der Waals surface area contributed by atoms with Crippen molar-refractivity contribution in [3.63, 3.8) is 0 Å². The minimum atomic E-state index is -0.383. The molecule has 1 amide bonds. The number of carbonyl (C=O) groups excluding carboxylic acids is 1. The van der Waals surface area contributed by atoms with Crippen LogP contribution < -0.4 is 16.0 Å². The van der Waals surface area contributed by atoms with Crippen LogP contribution in [0.3, 0.4) is 0 Å². The molecule has 1 unspecified atom stereocenters. The molecule has 150 valence electrons. The van der Waals surface area contributed by atoms with Crippen LogP contribution in [0.25, 0.3) is 0 Å². The number of aromatic nitrogens is 2. The Morgan fingerprint density at radius 1 is 1.35 bits per heavy atom. The number of alkyl carbamates (subject to hydrolysis) is 1. The Kier molecular flexibility index (Phi) is 12.9. The van der Waals surface area contributed by atoms with E-state index in [0.29, 0.717) is 31.6 Å². The molecule has 0 spiro atoms. The zero-order chi connectivity index (χ0) is 18.7. The third kappa shape index (κ3) is 9.83. The number of aryl methyl sites for hydroxylation is 1. The lowest BCUT2D eigenvalue weighted by atomic mass is 10.0. The second-order valence-electron chi connectivity index (χ2n) is 6.21. The molecule has 0 aliphatic carbocycles. The molecule has 0 aromatic carbocycles. The van der Waals surface area contributed by atoms with E-state index in [2.05, 4.69) is 39.9 Å². The minimum absolute atomic E-state index is 0. The average Bonchev–Trinajstić information content (AvgIpc) is 2.94. The second-order valence-corrected chi connectivity index (χ2v) is 6.21. The lowest BCUT2D eigenvalue weighted by Crippen LogP contribution is -2.47. The summed E-state index contributed by atoms with van der Waals surface area (Å²) in [7, 11) is 1.90. The van der Waals surface area contributed by atoms with Crippen LogP contribution in [-0.2, 0) is 18.3 Å². The number of guanidine groups is 1. The van der Waals surface area contributed by atoms with Crippen molar-refractivity contribution in [3.8, 4) is 0 Å². The van der Waals surface area contributed by atoms with Crippen LogP contribution in [0.15, 0.2) is 17.3 Å². The molecule has 0 bridgehead atoms. The van der Waals surface area contributed by atoms with Crippen LogP contribution in [0.1, 0.15) is 39.8 Å². The molecule has 1 aromatic heterocycles. The topological polar surface area (TPSA) is 92.6 Å². The van der Waals surface area contributed by atoms with Crippen LogP contribution in [0.2, 0.25) is 0 Å². The van der Waals surface area contributed by atoms with E-state index in [-0.39, 0.29) is 36.1 Å². The Labute approximate surface area is 173 Å². The summed E-state index contributed by atoms with van der Waals surface area (Å²) >= 11 is 0. The van der Waals surface area contributed by atoms with Gasteiger partial charge in [-0.3, -0.25) is 4.68 Å². The van der Waals surface area contributed by atoms with E-state index in [0.717, 1.165) is 18.7 Å². The van der Waals surface area contributed by atoms with Crippen molar-refractivity contribution in [1.82, 2.24) is 25.7 Å². The van der Waals surface area contributed by atoms with Gasteiger partial charge in [0.05, 0.1) is 18.8 Å². The molecular formula is C17H33IN6O2. The van der Waals surface area contributed by atoms with Gasteiger partial charge in [-0.25, -0.2) is 9.79 Å². The van der Waals surface area contributed by atoms with Gasteiger partial charge in [0, 0.05) is 32.4 Å². The van der Waals surface area contributed by atoms with Crippen LogP contribution >= 0.6 is 24.0 Å². The summed E-state index contributed by atoms with van der Waals surface area (Å²) in [5.41, 5.74) is 1.03. The molecule has 9 heteroatoms. The van der Waals surface area contributed by atoms with Crippen molar-refractivity contribution < 1.29 is 9.53 Å². The van der Waals surface area contributed by atoms with E-state index in [9.17, 15) is 4.79 Å². The molecule has 1 heterocycles. The first-order valence-corrected chi connectivity index (χ1v) is 8.88. The molecule has 0 saturated heterocycles. The van der Waals surface area contributed by atoms with Crippen molar-refractivity contribution in [1.29, 1.82) is 0 Å². The number of nitrogens with one attached hydrogen (secondary N) is 3. The van der Waals surface area contributed by atoms with Crippen LogP contribution in [0, 0.1) is 5.92 Å². The number of ether oxygens (including phenoxy) is 1. The highest BCUT2D eigenvalue weighted by Gasteiger charge is 2.15.